The topological polar surface area (TPSA) is 88.0 Å². The molecule has 0 aliphatic rings. The fourth-order valence-corrected chi connectivity index (χ4v) is 1.11. The predicted octanol–water partition coefficient (Wildman–Crippen LogP) is 0.182. The van der Waals surface area contributed by atoms with Crippen LogP contribution in [0.15, 0.2) is 16.9 Å². The second-order valence-electron chi connectivity index (χ2n) is 3.49. The molecule has 0 fully saturated rings. The van der Waals surface area contributed by atoms with Crippen LogP contribution in [0, 0.1) is 6.92 Å². The predicted molar refractivity (Wildman–Crippen MR) is 65.0 cm³/mol. The van der Waals surface area contributed by atoms with Crippen LogP contribution in [0.5, 0.6) is 0 Å². The Kier molecular flexibility index (Phi) is 5.77. The third-order valence-electron chi connectivity index (χ3n) is 2.03. The maximum atomic E-state index is 11.6. The van der Waals surface area contributed by atoms with Crippen LogP contribution in [0.3, 0.4) is 0 Å². The minimum absolute atomic E-state index is 0. The van der Waals surface area contributed by atoms with E-state index in [0.29, 0.717) is 6.54 Å². The standard InChI is InChI=1S/C10H15N3O2.ClH/c1-6-3-4-8(9(14)12-6)10(15)13-7(2)5-11;/h3-4,7H,5,11H2,1-2H3,(H,12,14)(H,13,15);1H/t7-;/m0./s1. The van der Waals surface area contributed by atoms with E-state index < -0.39 is 5.91 Å². The molecule has 1 heterocycles. The van der Waals surface area contributed by atoms with E-state index in [4.69, 9.17) is 5.73 Å². The molecule has 0 aromatic carbocycles. The van der Waals surface area contributed by atoms with Crippen LogP contribution in [0.25, 0.3) is 0 Å². The van der Waals surface area contributed by atoms with Crippen molar-refractivity contribution in [3.05, 3.63) is 33.7 Å². The minimum atomic E-state index is -0.394. The highest BCUT2D eigenvalue weighted by Gasteiger charge is 2.11. The lowest BCUT2D eigenvalue weighted by Crippen LogP contribution is -2.40. The number of rotatable bonds is 3. The monoisotopic (exact) mass is 245 g/mol. The Morgan fingerprint density at radius 1 is 1.56 bits per heavy atom. The molecule has 1 amide bonds. The molecule has 1 aromatic rings. The number of aryl methyl sites for hydroxylation is 1. The van der Waals surface area contributed by atoms with Gasteiger partial charge in [0.1, 0.15) is 5.56 Å². The number of amides is 1. The zero-order chi connectivity index (χ0) is 11.4. The van der Waals surface area contributed by atoms with Gasteiger partial charge in [-0.25, -0.2) is 0 Å². The Balaban J connectivity index is 0.00000225. The fourth-order valence-electron chi connectivity index (χ4n) is 1.11. The second-order valence-corrected chi connectivity index (χ2v) is 3.49. The van der Waals surface area contributed by atoms with E-state index in [0.717, 1.165) is 5.69 Å². The van der Waals surface area contributed by atoms with Gasteiger partial charge in [-0.15, -0.1) is 12.4 Å². The number of nitrogens with two attached hydrogens (primary N) is 1. The van der Waals surface area contributed by atoms with E-state index in [1.54, 1.807) is 19.9 Å². The minimum Gasteiger partial charge on any atom is -0.348 e. The number of nitrogens with one attached hydrogen (secondary N) is 2. The summed E-state index contributed by atoms with van der Waals surface area (Å²) in [4.78, 5) is 25.5. The van der Waals surface area contributed by atoms with Crippen molar-refractivity contribution >= 4 is 18.3 Å². The molecule has 0 aliphatic heterocycles. The van der Waals surface area contributed by atoms with Crippen LogP contribution >= 0.6 is 12.4 Å². The molecule has 4 N–H and O–H groups in total. The number of carbonyl (C=O) groups excluding carboxylic acids is 1. The van der Waals surface area contributed by atoms with Crippen molar-refractivity contribution in [1.29, 1.82) is 0 Å². The van der Waals surface area contributed by atoms with Gasteiger partial charge in [-0.3, -0.25) is 9.59 Å². The Hall–Kier alpha value is -1.33. The number of halogens is 1. The van der Waals surface area contributed by atoms with Gasteiger partial charge in [0.05, 0.1) is 0 Å². The number of aromatic amines is 1. The maximum Gasteiger partial charge on any atom is 0.260 e. The van der Waals surface area contributed by atoms with Crippen molar-refractivity contribution in [3.8, 4) is 0 Å². The highest BCUT2D eigenvalue weighted by Crippen LogP contribution is 1.94. The first-order chi connectivity index (χ1) is 7.04. The maximum absolute atomic E-state index is 11.6. The lowest BCUT2D eigenvalue weighted by Gasteiger charge is -2.10. The van der Waals surface area contributed by atoms with E-state index in [-0.39, 0.29) is 29.6 Å². The Morgan fingerprint density at radius 3 is 2.69 bits per heavy atom. The molecule has 0 spiro atoms. The molecular weight excluding hydrogens is 230 g/mol. The summed E-state index contributed by atoms with van der Waals surface area (Å²) >= 11 is 0. The molecule has 16 heavy (non-hydrogen) atoms. The van der Waals surface area contributed by atoms with Gasteiger partial charge in [0, 0.05) is 18.3 Å². The summed E-state index contributed by atoms with van der Waals surface area (Å²) in [6.07, 6.45) is 0. The van der Waals surface area contributed by atoms with Gasteiger partial charge in [0.15, 0.2) is 0 Å². The highest BCUT2D eigenvalue weighted by molar-refractivity contribution is 5.93. The molecule has 5 nitrogen and oxygen atoms in total. The van der Waals surface area contributed by atoms with Gasteiger partial charge < -0.3 is 16.0 Å². The summed E-state index contributed by atoms with van der Waals surface area (Å²) in [5.74, 6) is -0.394. The van der Waals surface area contributed by atoms with Crippen LogP contribution in [0.4, 0.5) is 0 Å². The molecule has 0 radical (unpaired) electrons. The van der Waals surface area contributed by atoms with Gasteiger partial charge in [-0.05, 0) is 26.0 Å². The lowest BCUT2D eigenvalue weighted by molar-refractivity contribution is 0.0939. The average molecular weight is 246 g/mol. The van der Waals surface area contributed by atoms with Gasteiger partial charge in [0.25, 0.3) is 11.5 Å². The van der Waals surface area contributed by atoms with Crippen LogP contribution in [0.1, 0.15) is 23.0 Å². The summed E-state index contributed by atoms with van der Waals surface area (Å²) in [7, 11) is 0. The number of pyridine rings is 1. The van der Waals surface area contributed by atoms with Gasteiger partial charge in [-0.2, -0.15) is 0 Å². The molecule has 0 aliphatic carbocycles. The molecule has 90 valence electrons. The summed E-state index contributed by atoms with van der Waals surface area (Å²) < 4.78 is 0. The molecule has 6 heteroatoms. The first-order valence-electron chi connectivity index (χ1n) is 4.75. The largest absolute Gasteiger partial charge is 0.348 e. The molecule has 1 atom stereocenters. The van der Waals surface area contributed by atoms with Crippen molar-refractivity contribution in [2.75, 3.05) is 6.54 Å². The molecule has 0 unspecified atom stereocenters. The van der Waals surface area contributed by atoms with E-state index in [2.05, 4.69) is 10.3 Å². The lowest BCUT2D eigenvalue weighted by atomic mass is 10.2. The third-order valence-corrected chi connectivity index (χ3v) is 2.03. The average Bonchev–Trinajstić information content (AvgIpc) is 2.17. The molecule has 1 aromatic heterocycles. The number of carbonyl (C=O) groups is 1. The van der Waals surface area contributed by atoms with Gasteiger partial charge >= 0.3 is 0 Å². The van der Waals surface area contributed by atoms with Crippen molar-refractivity contribution in [2.24, 2.45) is 5.73 Å². The summed E-state index contributed by atoms with van der Waals surface area (Å²) in [5, 5.41) is 2.62. The second kappa shape index (κ2) is 6.30. The molecular formula is C10H16ClN3O2. The van der Waals surface area contributed by atoms with Crippen LogP contribution < -0.4 is 16.6 Å². The molecule has 0 saturated carbocycles. The highest BCUT2D eigenvalue weighted by atomic mass is 35.5. The van der Waals surface area contributed by atoms with E-state index in [9.17, 15) is 9.59 Å². The van der Waals surface area contributed by atoms with Crippen LogP contribution in [0.2, 0.25) is 0 Å². The van der Waals surface area contributed by atoms with Gasteiger partial charge in [-0.1, -0.05) is 0 Å². The number of H-pyrrole nitrogens is 1. The SMILES string of the molecule is Cc1ccc(C(=O)N[C@@H](C)CN)c(=O)[nH]1.Cl. The van der Waals surface area contributed by atoms with E-state index in [1.165, 1.54) is 6.07 Å². The normalized spacial score (nSPS) is 11.4. The Labute approximate surface area is 99.8 Å². The third kappa shape index (κ3) is 3.67. The fraction of sp³-hybridized carbons (Fsp3) is 0.400. The van der Waals surface area contributed by atoms with Crippen molar-refractivity contribution in [3.63, 3.8) is 0 Å². The number of hydrogen-bond acceptors (Lipinski definition) is 3. The van der Waals surface area contributed by atoms with E-state index in [1.807, 2.05) is 0 Å². The zero-order valence-corrected chi connectivity index (χ0v) is 10.1. The van der Waals surface area contributed by atoms with Crippen molar-refractivity contribution < 1.29 is 4.79 Å². The first-order valence-corrected chi connectivity index (χ1v) is 4.75. The number of aromatic nitrogens is 1. The molecule has 1 rings (SSSR count). The summed E-state index contributed by atoms with van der Waals surface area (Å²) in [5.41, 5.74) is 5.82. The Morgan fingerprint density at radius 2 is 2.19 bits per heavy atom. The Bertz CT molecular complexity index is 417. The first kappa shape index (κ1) is 14.7. The number of hydrogen-bond donors (Lipinski definition) is 3. The van der Waals surface area contributed by atoms with Crippen molar-refractivity contribution in [1.82, 2.24) is 10.3 Å². The van der Waals surface area contributed by atoms with Crippen LogP contribution in [-0.4, -0.2) is 23.5 Å². The van der Waals surface area contributed by atoms with E-state index >= 15 is 0 Å². The summed E-state index contributed by atoms with van der Waals surface area (Å²) in [6.45, 7) is 3.88. The summed E-state index contributed by atoms with van der Waals surface area (Å²) in [6, 6.07) is 3.05. The smallest absolute Gasteiger partial charge is 0.260 e. The quantitative estimate of drug-likeness (QED) is 0.710. The molecule has 0 bridgehead atoms. The van der Waals surface area contributed by atoms with Gasteiger partial charge in [0.2, 0.25) is 0 Å². The van der Waals surface area contributed by atoms with Crippen molar-refractivity contribution in [2.45, 2.75) is 19.9 Å². The zero-order valence-electron chi connectivity index (χ0n) is 9.24. The van der Waals surface area contributed by atoms with Crippen LogP contribution in [-0.2, 0) is 0 Å². The molecule has 0 saturated heterocycles.